The maximum absolute atomic E-state index is 12.7. The smallest absolute Gasteiger partial charge is 0.228 e. The van der Waals surface area contributed by atoms with Gasteiger partial charge >= 0.3 is 0 Å². The number of nitrogens with one attached hydrogen (secondary N) is 2. The lowest BCUT2D eigenvalue weighted by molar-refractivity contribution is -0.133. The van der Waals surface area contributed by atoms with Crippen LogP contribution in [0.3, 0.4) is 0 Å². The van der Waals surface area contributed by atoms with Crippen LogP contribution in [0.1, 0.15) is 25.8 Å². The molecular weight excluding hydrogens is 264 g/mol. The number of aliphatic hydroxyl groups excluding tert-OH is 1. The average molecular weight is 290 g/mol. The first kappa shape index (κ1) is 16.0. The van der Waals surface area contributed by atoms with Gasteiger partial charge < -0.3 is 15.7 Å². The van der Waals surface area contributed by atoms with Gasteiger partial charge in [-0.3, -0.25) is 4.79 Å². The zero-order valence-electron chi connectivity index (χ0n) is 12.9. The van der Waals surface area contributed by atoms with Crippen molar-refractivity contribution in [3.05, 3.63) is 35.9 Å². The molecule has 1 aliphatic rings. The van der Waals surface area contributed by atoms with E-state index in [2.05, 4.69) is 24.5 Å². The Kier molecular flexibility index (Phi) is 5.37. The molecule has 1 aromatic carbocycles. The maximum Gasteiger partial charge on any atom is 0.228 e. The fourth-order valence-electron chi connectivity index (χ4n) is 3.05. The van der Waals surface area contributed by atoms with E-state index in [-0.39, 0.29) is 29.9 Å². The highest BCUT2D eigenvalue weighted by atomic mass is 16.3. The van der Waals surface area contributed by atoms with Crippen LogP contribution in [0.2, 0.25) is 0 Å². The molecule has 2 atom stereocenters. The van der Waals surface area contributed by atoms with Crippen molar-refractivity contribution in [2.45, 2.75) is 32.7 Å². The number of aliphatic hydroxyl groups is 1. The minimum absolute atomic E-state index is 0.0394. The summed E-state index contributed by atoms with van der Waals surface area (Å²) in [6, 6.07) is 9.73. The molecule has 0 radical (unpaired) electrons. The topological polar surface area (TPSA) is 61.4 Å². The fraction of sp³-hybridized carbons (Fsp3) is 0.588. The fourth-order valence-corrected chi connectivity index (χ4v) is 3.05. The van der Waals surface area contributed by atoms with Crippen LogP contribution in [0.15, 0.2) is 30.3 Å². The van der Waals surface area contributed by atoms with Crippen molar-refractivity contribution in [1.29, 1.82) is 0 Å². The number of rotatable bonds is 6. The van der Waals surface area contributed by atoms with Gasteiger partial charge in [0.25, 0.3) is 0 Å². The molecule has 1 aromatic rings. The quantitative estimate of drug-likeness (QED) is 0.741. The molecule has 1 saturated heterocycles. The summed E-state index contributed by atoms with van der Waals surface area (Å²) in [6.45, 7) is 5.76. The Labute approximate surface area is 126 Å². The lowest BCUT2D eigenvalue weighted by Gasteiger charge is -2.33. The van der Waals surface area contributed by atoms with Crippen molar-refractivity contribution >= 4 is 5.91 Å². The van der Waals surface area contributed by atoms with Gasteiger partial charge in [0.15, 0.2) is 0 Å². The van der Waals surface area contributed by atoms with E-state index < -0.39 is 0 Å². The highest BCUT2D eigenvalue weighted by Crippen LogP contribution is 2.34. The Morgan fingerprint density at radius 1 is 1.38 bits per heavy atom. The molecule has 0 saturated carbocycles. The lowest BCUT2D eigenvalue weighted by atomic mass is 9.75. The van der Waals surface area contributed by atoms with Crippen LogP contribution in [-0.2, 0) is 11.2 Å². The minimum Gasteiger partial charge on any atom is -0.394 e. The molecule has 4 nitrogen and oxygen atoms in total. The van der Waals surface area contributed by atoms with Crippen LogP contribution in [0.5, 0.6) is 0 Å². The number of hydrogen-bond donors (Lipinski definition) is 3. The number of carbonyl (C=O) groups is 1. The molecule has 0 bridgehead atoms. The van der Waals surface area contributed by atoms with Gasteiger partial charge in [-0.25, -0.2) is 0 Å². The maximum atomic E-state index is 12.7. The van der Waals surface area contributed by atoms with Crippen molar-refractivity contribution in [1.82, 2.24) is 10.6 Å². The van der Waals surface area contributed by atoms with Crippen molar-refractivity contribution in [3.8, 4) is 0 Å². The van der Waals surface area contributed by atoms with Crippen LogP contribution < -0.4 is 10.6 Å². The van der Waals surface area contributed by atoms with Gasteiger partial charge in [-0.05, 0) is 30.9 Å². The zero-order valence-corrected chi connectivity index (χ0v) is 12.9. The predicted molar refractivity (Wildman–Crippen MR) is 83.9 cm³/mol. The number of hydrogen-bond acceptors (Lipinski definition) is 3. The summed E-state index contributed by atoms with van der Waals surface area (Å²) >= 11 is 0. The summed E-state index contributed by atoms with van der Waals surface area (Å²) in [5, 5.41) is 15.9. The normalized spacial score (nSPS) is 23.2. The summed E-state index contributed by atoms with van der Waals surface area (Å²) in [6.07, 6.45) is 1.52. The van der Waals surface area contributed by atoms with E-state index in [1.54, 1.807) is 0 Å². The number of amides is 1. The van der Waals surface area contributed by atoms with Gasteiger partial charge in [-0.2, -0.15) is 0 Å². The molecular formula is C17H26N2O2. The van der Waals surface area contributed by atoms with Gasteiger partial charge in [0, 0.05) is 6.54 Å². The van der Waals surface area contributed by atoms with E-state index in [4.69, 9.17) is 0 Å². The van der Waals surface area contributed by atoms with Crippen LogP contribution in [0.25, 0.3) is 0 Å². The molecule has 116 valence electrons. The van der Waals surface area contributed by atoms with Crippen molar-refractivity contribution in [3.63, 3.8) is 0 Å². The van der Waals surface area contributed by atoms with E-state index in [9.17, 15) is 9.90 Å². The van der Waals surface area contributed by atoms with Crippen LogP contribution in [0, 0.1) is 11.3 Å². The molecule has 0 aromatic heterocycles. The summed E-state index contributed by atoms with van der Waals surface area (Å²) < 4.78 is 0. The van der Waals surface area contributed by atoms with Gasteiger partial charge in [0.05, 0.1) is 18.1 Å². The molecule has 21 heavy (non-hydrogen) atoms. The first-order valence-electron chi connectivity index (χ1n) is 7.75. The Balaban J connectivity index is 2.02. The highest BCUT2D eigenvalue weighted by molar-refractivity contribution is 5.84. The van der Waals surface area contributed by atoms with Crippen LogP contribution in [0.4, 0.5) is 0 Å². The van der Waals surface area contributed by atoms with Crippen LogP contribution in [-0.4, -0.2) is 36.8 Å². The van der Waals surface area contributed by atoms with Gasteiger partial charge in [-0.15, -0.1) is 0 Å². The predicted octanol–water partition coefficient (Wildman–Crippen LogP) is 1.34. The molecule has 1 amide bonds. The molecule has 0 spiro atoms. The SMILES string of the molecule is CC(C)C1(C(=O)N[C@H](CO)Cc2ccccc2)CCNC1. The third-order valence-corrected chi connectivity index (χ3v) is 4.63. The first-order chi connectivity index (χ1) is 10.1. The molecule has 1 heterocycles. The Morgan fingerprint density at radius 2 is 2.10 bits per heavy atom. The van der Waals surface area contributed by atoms with E-state index in [0.29, 0.717) is 6.42 Å². The monoisotopic (exact) mass is 290 g/mol. The Bertz CT molecular complexity index is 453. The molecule has 2 rings (SSSR count). The zero-order chi connectivity index (χ0) is 15.3. The molecule has 3 N–H and O–H groups in total. The molecule has 4 heteroatoms. The largest absolute Gasteiger partial charge is 0.394 e. The van der Waals surface area contributed by atoms with E-state index in [1.165, 1.54) is 0 Å². The molecule has 1 unspecified atom stereocenters. The number of carbonyl (C=O) groups excluding carboxylic acids is 1. The van der Waals surface area contributed by atoms with E-state index in [1.807, 2.05) is 30.3 Å². The van der Waals surface area contributed by atoms with Crippen LogP contribution >= 0.6 is 0 Å². The standard InChI is InChI=1S/C17H26N2O2/c1-13(2)17(8-9-18-12-17)16(21)19-15(11-20)10-14-6-4-3-5-7-14/h3-7,13,15,18,20H,8-12H2,1-2H3,(H,19,21)/t15-,17?/m0/s1. The first-order valence-corrected chi connectivity index (χ1v) is 7.75. The molecule has 1 aliphatic heterocycles. The van der Waals surface area contributed by atoms with Gasteiger partial charge in [0.1, 0.15) is 0 Å². The third kappa shape index (κ3) is 3.63. The van der Waals surface area contributed by atoms with E-state index in [0.717, 1.165) is 25.1 Å². The van der Waals surface area contributed by atoms with Crippen molar-refractivity contribution in [2.24, 2.45) is 11.3 Å². The van der Waals surface area contributed by atoms with Gasteiger partial charge in [0.2, 0.25) is 5.91 Å². The summed E-state index contributed by atoms with van der Waals surface area (Å²) in [7, 11) is 0. The average Bonchev–Trinajstić information content (AvgIpc) is 2.98. The second-order valence-electron chi connectivity index (χ2n) is 6.28. The highest BCUT2D eigenvalue weighted by Gasteiger charge is 2.44. The summed E-state index contributed by atoms with van der Waals surface area (Å²) in [5.41, 5.74) is 0.782. The second-order valence-corrected chi connectivity index (χ2v) is 6.28. The van der Waals surface area contributed by atoms with Crippen molar-refractivity contribution in [2.75, 3.05) is 19.7 Å². The Hall–Kier alpha value is -1.39. The van der Waals surface area contributed by atoms with Crippen molar-refractivity contribution < 1.29 is 9.90 Å². The second kappa shape index (κ2) is 7.05. The summed E-state index contributed by atoms with van der Waals surface area (Å²) in [4.78, 5) is 12.7. The van der Waals surface area contributed by atoms with Gasteiger partial charge in [-0.1, -0.05) is 44.2 Å². The third-order valence-electron chi connectivity index (χ3n) is 4.63. The molecule has 0 aliphatic carbocycles. The lowest BCUT2D eigenvalue weighted by Crippen LogP contribution is -2.51. The Morgan fingerprint density at radius 3 is 2.62 bits per heavy atom. The minimum atomic E-state index is -0.343. The summed E-state index contributed by atoms with van der Waals surface area (Å²) in [5.74, 6) is 0.348. The van der Waals surface area contributed by atoms with E-state index >= 15 is 0 Å². The number of benzene rings is 1. The molecule has 1 fully saturated rings.